The van der Waals surface area contributed by atoms with Gasteiger partial charge in [-0.2, -0.15) is 0 Å². The molecule has 5 heteroatoms. The predicted octanol–water partition coefficient (Wildman–Crippen LogP) is 4.52. The van der Waals surface area contributed by atoms with Gasteiger partial charge >= 0.3 is 0 Å². The second-order valence-corrected chi connectivity index (χ2v) is 6.43. The van der Waals surface area contributed by atoms with Crippen LogP contribution in [0.2, 0.25) is 5.02 Å². The van der Waals surface area contributed by atoms with Gasteiger partial charge in [0.1, 0.15) is 5.03 Å². The number of pyridine rings is 2. The van der Waals surface area contributed by atoms with Crippen LogP contribution in [-0.4, -0.2) is 9.97 Å². The number of halogens is 1. The summed E-state index contributed by atoms with van der Waals surface area (Å²) >= 11 is 8.00. The monoisotopic (exact) mass is 340 g/mol. The minimum atomic E-state index is 0.410. The molecular formula is C18H15ClN3S. The Bertz CT molecular complexity index is 822. The number of aryl methyl sites for hydroxylation is 1. The number of nitrogens with zero attached hydrogens (tertiary/aromatic N) is 2. The summed E-state index contributed by atoms with van der Waals surface area (Å²) in [6.07, 6.45) is 3.54. The van der Waals surface area contributed by atoms with E-state index in [0.717, 1.165) is 32.3 Å². The van der Waals surface area contributed by atoms with Crippen molar-refractivity contribution in [3.63, 3.8) is 0 Å². The molecule has 0 unspecified atom stereocenters. The zero-order valence-corrected chi connectivity index (χ0v) is 14.2. The molecule has 2 N–H and O–H groups in total. The first-order chi connectivity index (χ1) is 11.2. The number of hydrogen-bond donors (Lipinski definition) is 1. The zero-order valence-electron chi connectivity index (χ0n) is 12.6. The zero-order chi connectivity index (χ0) is 16.2. The summed E-state index contributed by atoms with van der Waals surface area (Å²) in [5.74, 6) is 0. The van der Waals surface area contributed by atoms with Crippen molar-refractivity contribution >= 4 is 23.4 Å². The smallest absolute Gasteiger partial charge is 0.109 e. The molecular weight excluding hydrogens is 326 g/mol. The van der Waals surface area contributed by atoms with Gasteiger partial charge in [0.2, 0.25) is 0 Å². The van der Waals surface area contributed by atoms with Gasteiger partial charge in [0.05, 0.1) is 5.02 Å². The molecule has 115 valence electrons. The summed E-state index contributed by atoms with van der Waals surface area (Å²) in [6, 6.07) is 14.8. The van der Waals surface area contributed by atoms with Crippen LogP contribution in [-0.2, 0) is 6.54 Å². The van der Waals surface area contributed by atoms with Gasteiger partial charge in [-0.25, -0.2) is 4.98 Å². The summed E-state index contributed by atoms with van der Waals surface area (Å²) in [6.45, 7) is 2.38. The van der Waals surface area contributed by atoms with E-state index in [2.05, 4.69) is 22.1 Å². The lowest BCUT2D eigenvalue weighted by Gasteiger charge is -2.12. The third-order valence-corrected chi connectivity index (χ3v) is 4.86. The molecule has 2 heterocycles. The van der Waals surface area contributed by atoms with E-state index in [9.17, 15) is 0 Å². The fourth-order valence-electron chi connectivity index (χ4n) is 2.27. The molecule has 0 saturated heterocycles. The largest absolute Gasteiger partial charge is 0.326 e. The lowest BCUT2D eigenvalue weighted by Crippen LogP contribution is -2.00. The molecule has 2 aromatic heterocycles. The molecule has 0 aliphatic rings. The molecule has 1 radical (unpaired) electrons. The molecule has 3 nitrogen and oxygen atoms in total. The van der Waals surface area contributed by atoms with Crippen molar-refractivity contribution in [2.24, 2.45) is 5.73 Å². The maximum absolute atomic E-state index is 6.52. The predicted molar refractivity (Wildman–Crippen MR) is 94.5 cm³/mol. The molecule has 0 aliphatic heterocycles. The van der Waals surface area contributed by atoms with Crippen molar-refractivity contribution in [3.8, 4) is 11.1 Å². The Balaban J connectivity index is 2.02. The van der Waals surface area contributed by atoms with Crippen molar-refractivity contribution < 1.29 is 0 Å². The lowest BCUT2D eigenvalue weighted by molar-refractivity contribution is 1.02. The van der Waals surface area contributed by atoms with Crippen LogP contribution in [0, 0.1) is 13.0 Å². The average molecular weight is 341 g/mol. The number of aromatic nitrogens is 2. The Morgan fingerprint density at radius 3 is 2.74 bits per heavy atom. The first-order valence-corrected chi connectivity index (χ1v) is 8.33. The van der Waals surface area contributed by atoms with Crippen LogP contribution >= 0.6 is 23.4 Å². The van der Waals surface area contributed by atoms with Crippen molar-refractivity contribution in [2.75, 3.05) is 0 Å². The Kier molecular flexibility index (Phi) is 4.96. The van der Waals surface area contributed by atoms with Crippen molar-refractivity contribution in [3.05, 3.63) is 71.1 Å². The number of rotatable bonds is 4. The molecule has 0 aliphatic carbocycles. The summed E-state index contributed by atoms with van der Waals surface area (Å²) in [7, 11) is 0. The van der Waals surface area contributed by atoms with Gasteiger partial charge in [-0.15, -0.1) is 0 Å². The van der Waals surface area contributed by atoms with Gasteiger partial charge in [0, 0.05) is 35.6 Å². The van der Waals surface area contributed by atoms with Crippen LogP contribution in [0.4, 0.5) is 0 Å². The quantitative estimate of drug-likeness (QED) is 0.758. The number of benzene rings is 1. The third kappa shape index (κ3) is 3.72. The average Bonchev–Trinajstić information content (AvgIpc) is 2.57. The van der Waals surface area contributed by atoms with E-state index >= 15 is 0 Å². The summed E-state index contributed by atoms with van der Waals surface area (Å²) in [5.41, 5.74) is 10.0. The molecule has 0 atom stereocenters. The Labute approximate surface area is 144 Å². The van der Waals surface area contributed by atoms with Crippen molar-refractivity contribution in [1.29, 1.82) is 0 Å². The van der Waals surface area contributed by atoms with E-state index < -0.39 is 0 Å². The topological polar surface area (TPSA) is 51.8 Å². The van der Waals surface area contributed by atoms with Crippen molar-refractivity contribution in [1.82, 2.24) is 9.97 Å². The summed E-state index contributed by atoms with van der Waals surface area (Å²) in [4.78, 5) is 9.44. The molecule has 3 aromatic rings. The van der Waals surface area contributed by atoms with Crippen LogP contribution in [0.15, 0.2) is 58.7 Å². The molecule has 0 amide bonds. The van der Waals surface area contributed by atoms with Crippen LogP contribution in [0.3, 0.4) is 0 Å². The van der Waals surface area contributed by atoms with E-state index in [1.165, 1.54) is 11.8 Å². The van der Waals surface area contributed by atoms with Crippen LogP contribution < -0.4 is 5.73 Å². The maximum atomic E-state index is 6.52. The molecule has 23 heavy (non-hydrogen) atoms. The van der Waals surface area contributed by atoms with Gasteiger partial charge in [-0.05, 0) is 53.9 Å². The van der Waals surface area contributed by atoms with Gasteiger partial charge in [-0.3, -0.25) is 4.98 Å². The minimum absolute atomic E-state index is 0.410. The molecule has 3 rings (SSSR count). The first-order valence-electron chi connectivity index (χ1n) is 7.13. The van der Waals surface area contributed by atoms with Gasteiger partial charge in [-0.1, -0.05) is 29.4 Å². The van der Waals surface area contributed by atoms with Crippen molar-refractivity contribution in [2.45, 2.75) is 23.4 Å². The van der Waals surface area contributed by atoms with E-state index in [1.807, 2.05) is 37.3 Å². The van der Waals surface area contributed by atoms with Gasteiger partial charge in [0.25, 0.3) is 0 Å². The van der Waals surface area contributed by atoms with Gasteiger partial charge in [0.15, 0.2) is 0 Å². The summed E-state index contributed by atoms with van der Waals surface area (Å²) < 4.78 is 0. The second kappa shape index (κ2) is 7.13. The molecule has 1 aromatic carbocycles. The van der Waals surface area contributed by atoms with Gasteiger partial charge < -0.3 is 5.73 Å². The Morgan fingerprint density at radius 1 is 1.17 bits per heavy atom. The molecule has 0 bridgehead atoms. The molecule has 0 spiro atoms. The highest BCUT2D eigenvalue weighted by Crippen LogP contribution is 2.38. The van der Waals surface area contributed by atoms with Crippen LogP contribution in [0.25, 0.3) is 11.1 Å². The summed E-state index contributed by atoms with van der Waals surface area (Å²) in [5, 5.41) is 1.44. The van der Waals surface area contributed by atoms with E-state index in [0.29, 0.717) is 11.6 Å². The minimum Gasteiger partial charge on any atom is -0.326 e. The fraction of sp³-hybridized carbons (Fsp3) is 0.111. The number of nitrogens with two attached hydrogens (primary N) is 1. The Morgan fingerprint density at radius 2 is 2.04 bits per heavy atom. The first kappa shape index (κ1) is 16.0. The highest BCUT2D eigenvalue weighted by Gasteiger charge is 2.12. The highest BCUT2D eigenvalue weighted by atomic mass is 35.5. The van der Waals surface area contributed by atoms with E-state index in [4.69, 9.17) is 17.3 Å². The fourth-order valence-corrected chi connectivity index (χ4v) is 3.49. The maximum Gasteiger partial charge on any atom is 0.109 e. The molecule has 0 fully saturated rings. The standard InChI is InChI=1S/C18H15ClN3S/c1-12-8-13(5-7-21-12)14-9-15(11-20)18(16(19)10-14)23-17-4-2-3-6-22-17/h2-3,5-10H,11,20H2,1H3. The highest BCUT2D eigenvalue weighted by molar-refractivity contribution is 7.99. The second-order valence-electron chi connectivity index (χ2n) is 5.03. The normalized spacial score (nSPS) is 10.7. The molecule has 0 saturated carbocycles. The van der Waals surface area contributed by atoms with Crippen LogP contribution in [0.1, 0.15) is 11.3 Å². The lowest BCUT2D eigenvalue weighted by atomic mass is 10.0. The van der Waals surface area contributed by atoms with E-state index in [1.54, 1.807) is 12.4 Å². The number of hydrogen-bond acceptors (Lipinski definition) is 4. The van der Waals surface area contributed by atoms with E-state index in [-0.39, 0.29) is 0 Å². The Hall–Kier alpha value is -1.88. The van der Waals surface area contributed by atoms with Crippen LogP contribution in [0.5, 0.6) is 0 Å². The SMILES string of the molecule is Cc1cc(-c2cc(Cl)c(Sc3[c]cccn3)c(CN)c2)ccn1. The third-order valence-electron chi connectivity index (χ3n) is 3.35.